The van der Waals surface area contributed by atoms with E-state index < -0.39 is 5.63 Å². The molecule has 2 aromatic heterocycles. The van der Waals surface area contributed by atoms with E-state index in [1.165, 1.54) is 6.07 Å². The average Bonchev–Trinajstić information content (AvgIpc) is 2.95. The SMILES string of the molecule is CCn1ccc(C(=O)Nc2ccc3c(C)cc(=O)oc3c2)n1. The second-order valence-electron chi connectivity index (χ2n) is 4.97. The summed E-state index contributed by atoms with van der Waals surface area (Å²) in [6, 6.07) is 8.32. The number of hydrogen-bond acceptors (Lipinski definition) is 4. The van der Waals surface area contributed by atoms with Crippen LogP contribution in [0.2, 0.25) is 0 Å². The van der Waals surface area contributed by atoms with Crippen LogP contribution in [0.25, 0.3) is 11.0 Å². The van der Waals surface area contributed by atoms with E-state index in [1.807, 2.05) is 19.9 Å². The Labute approximate surface area is 126 Å². The number of benzene rings is 1. The Kier molecular flexibility index (Phi) is 3.50. The number of anilines is 1. The molecule has 22 heavy (non-hydrogen) atoms. The third kappa shape index (κ3) is 2.63. The van der Waals surface area contributed by atoms with Crippen molar-refractivity contribution in [3.8, 4) is 0 Å². The van der Waals surface area contributed by atoms with Crippen molar-refractivity contribution in [2.24, 2.45) is 0 Å². The molecule has 0 unspecified atom stereocenters. The summed E-state index contributed by atoms with van der Waals surface area (Å²) in [6.07, 6.45) is 1.75. The fourth-order valence-electron chi connectivity index (χ4n) is 2.26. The highest BCUT2D eigenvalue weighted by Crippen LogP contribution is 2.21. The summed E-state index contributed by atoms with van der Waals surface area (Å²) in [5, 5.41) is 7.74. The first-order valence-corrected chi connectivity index (χ1v) is 6.96. The van der Waals surface area contributed by atoms with Gasteiger partial charge in [-0.2, -0.15) is 5.10 Å². The van der Waals surface area contributed by atoms with Gasteiger partial charge in [-0.1, -0.05) is 0 Å². The molecule has 0 aliphatic heterocycles. The van der Waals surface area contributed by atoms with E-state index in [2.05, 4.69) is 10.4 Å². The highest BCUT2D eigenvalue weighted by atomic mass is 16.4. The maximum absolute atomic E-state index is 12.1. The van der Waals surface area contributed by atoms with Gasteiger partial charge in [0, 0.05) is 35.9 Å². The van der Waals surface area contributed by atoms with Crippen molar-refractivity contribution in [3.05, 3.63) is 58.2 Å². The van der Waals surface area contributed by atoms with E-state index in [0.29, 0.717) is 23.5 Å². The summed E-state index contributed by atoms with van der Waals surface area (Å²) in [4.78, 5) is 23.6. The molecule has 3 aromatic rings. The molecule has 1 aromatic carbocycles. The Hall–Kier alpha value is -2.89. The van der Waals surface area contributed by atoms with Crippen LogP contribution < -0.4 is 10.9 Å². The highest BCUT2D eigenvalue weighted by Gasteiger charge is 2.10. The normalized spacial score (nSPS) is 10.8. The van der Waals surface area contributed by atoms with Crippen LogP contribution in [0.4, 0.5) is 5.69 Å². The topological polar surface area (TPSA) is 77.1 Å². The quantitative estimate of drug-likeness (QED) is 0.754. The van der Waals surface area contributed by atoms with Crippen LogP contribution in [0.15, 0.2) is 45.7 Å². The molecule has 112 valence electrons. The van der Waals surface area contributed by atoms with Gasteiger partial charge < -0.3 is 9.73 Å². The van der Waals surface area contributed by atoms with Gasteiger partial charge in [-0.25, -0.2) is 4.79 Å². The van der Waals surface area contributed by atoms with Crippen LogP contribution in [0, 0.1) is 6.92 Å². The average molecular weight is 297 g/mol. The number of carbonyl (C=O) groups excluding carboxylic acids is 1. The Morgan fingerprint density at radius 1 is 1.32 bits per heavy atom. The van der Waals surface area contributed by atoms with Gasteiger partial charge in [0.05, 0.1) is 0 Å². The van der Waals surface area contributed by atoms with Crippen molar-refractivity contribution in [2.75, 3.05) is 5.32 Å². The zero-order chi connectivity index (χ0) is 15.7. The smallest absolute Gasteiger partial charge is 0.336 e. The lowest BCUT2D eigenvalue weighted by atomic mass is 10.1. The zero-order valence-corrected chi connectivity index (χ0v) is 12.3. The summed E-state index contributed by atoms with van der Waals surface area (Å²) in [7, 11) is 0. The molecule has 2 heterocycles. The van der Waals surface area contributed by atoms with E-state index in [1.54, 1.807) is 29.1 Å². The lowest BCUT2D eigenvalue weighted by Gasteiger charge is -2.05. The maximum atomic E-state index is 12.1. The van der Waals surface area contributed by atoms with Crippen molar-refractivity contribution in [2.45, 2.75) is 20.4 Å². The molecule has 0 fully saturated rings. The number of hydrogen-bond donors (Lipinski definition) is 1. The number of nitrogens with zero attached hydrogens (tertiary/aromatic N) is 2. The van der Waals surface area contributed by atoms with Crippen LogP contribution in [-0.4, -0.2) is 15.7 Å². The van der Waals surface area contributed by atoms with E-state index >= 15 is 0 Å². The lowest BCUT2D eigenvalue weighted by molar-refractivity contribution is 0.102. The largest absolute Gasteiger partial charge is 0.423 e. The molecule has 0 saturated carbocycles. The number of aromatic nitrogens is 2. The minimum atomic E-state index is -0.407. The molecule has 6 nitrogen and oxygen atoms in total. The number of fused-ring (bicyclic) bond motifs is 1. The molecular weight excluding hydrogens is 282 g/mol. The molecule has 0 radical (unpaired) electrons. The first-order valence-electron chi connectivity index (χ1n) is 6.96. The number of amides is 1. The predicted molar refractivity (Wildman–Crippen MR) is 83.1 cm³/mol. The van der Waals surface area contributed by atoms with Gasteiger partial charge in [0.25, 0.3) is 5.91 Å². The Balaban J connectivity index is 1.90. The van der Waals surface area contributed by atoms with Gasteiger partial charge in [-0.15, -0.1) is 0 Å². The van der Waals surface area contributed by atoms with Crippen LogP contribution in [0.3, 0.4) is 0 Å². The van der Waals surface area contributed by atoms with Gasteiger partial charge in [-0.3, -0.25) is 9.48 Å². The van der Waals surface area contributed by atoms with E-state index in [4.69, 9.17) is 4.42 Å². The van der Waals surface area contributed by atoms with Crippen LogP contribution in [0.5, 0.6) is 0 Å². The molecule has 0 atom stereocenters. The van der Waals surface area contributed by atoms with E-state index in [-0.39, 0.29) is 5.91 Å². The minimum absolute atomic E-state index is 0.304. The number of carbonyl (C=O) groups is 1. The maximum Gasteiger partial charge on any atom is 0.336 e. The Morgan fingerprint density at radius 2 is 2.14 bits per heavy atom. The summed E-state index contributed by atoms with van der Waals surface area (Å²) in [6.45, 7) is 4.49. The monoisotopic (exact) mass is 297 g/mol. The van der Waals surface area contributed by atoms with Crippen LogP contribution in [0.1, 0.15) is 23.0 Å². The molecule has 0 saturated heterocycles. The van der Waals surface area contributed by atoms with Gasteiger partial charge in [0.15, 0.2) is 5.69 Å². The number of nitrogens with one attached hydrogen (secondary N) is 1. The first-order chi connectivity index (χ1) is 10.6. The van der Waals surface area contributed by atoms with Gasteiger partial charge in [-0.05, 0) is 37.6 Å². The molecular formula is C16H15N3O3. The van der Waals surface area contributed by atoms with Crippen molar-refractivity contribution >= 4 is 22.6 Å². The van der Waals surface area contributed by atoms with E-state index in [0.717, 1.165) is 10.9 Å². The lowest BCUT2D eigenvalue weighted by Crippen LogP contribution is -2.13. The summed E-state index contributed by atoms with van der Waals surface area (Å²) < 4.78 is 6.84. The summed E-state index contributed by atoms with van der Waals surface area (Å²) in [5.41, 5.74) is 1.77. The Morgan fingerprint density at radius 3 is 2.86 bits per heavy atom. The molecule has 1 N–H and O–H groups in total. The molecule has 0 aliphatic rings. The van der Waals surface area contributed by atoms with E-state index in [9.17, 15) is 9.59 Å². The van der Waals surface area contributed by atoms with Crippen LogP contribution >= 0.6 is 0 Å². The van der Waals surface area contributed by atoms with Crippen molar-refractivity contribution in [1.82, 2.24) is 9.78 Å². The van der Waals surface area contributed by atoms with Crippen molar-refractivity contribution in [3.63, 3.8) is 0 Å². The first kappa shape index (κ1) is 14.1. The standard InChI is InChI=1S/C16H15N3O3/c1-3-19-7-6-13(18-19)16(21)17-11-4-5-12-10(2)8-15(20)22-14(12)9-11/h4-9H,3H2,1-2H3,(H,17,21). The molecule has 6 heteroatoms. The summed E-state index contributed by atoms with van der Waals surface area (Å²) in [5.74, 6) is -0.304. The van der Waals surface area contributed by atoms with Crippen molar-refractivity contribution < 1.29 is 9.21 Å². The fourth-order valence-corrected chi connectivity index (χ4v) is 2.26. The number of aryl methyl sites for hydroxylation is 2. The molecule has 0 spiro atoms. The third-order valence-corrected chi connectivity index (χ3v) is 3.41. The Bertz CT molecular complexity index is 908. The second-order valence-corrected chi connectivity index (χ2v) is 4.97. The highest BCUT2D eigenvalue weighted by molar-refractivity contribution is 6.03. The molecule has 1 amide bonds. The number of rotatable bonds is 3. The predicted octanol–water partition coefficient (Wildman–Crippen LogP) is 2.57. The third-order valence-electron chi connectivity index (χ3n) is 3.41. The fraction of sp³-hybridized carbons (Fsp3) is 0.188. The van der Waals surface area contributed by atoms with Gasteiger partial charge in [0.1, 0.15) is 5.58 Å². The van der Waals surface area contributed by atoms with Crippen LogP contribution in [-0.2, 0) is 6.54 Å². The summed E-state index contributed by atoms with van der Waals surface area (Å²) >= 11 is 0. The second kappa shape index (κ2) is 5.48. The minimum Gasteiger partial charge on any atom is -0.423 e. The van der Waals surface area contributed by atoms with Gasteiger partial charge in [0.2, 0.25) is 0 Å². The molecule has 0 bridgehead atoms. The van der Waals surface area contributed by atoms with Crippen molar-refractivity contribution in [1.29, 1.82) is 0 Å². The molecule has 0 aliphatic carbocycles. The molecule has 3 rings (SSSR count). The zero-order valence-electron chi connectivity index (χ0n) is 12.3. The van der Waals surface area contributed by atoms with Gasteiger partial charge >= 0.3 is 5.63 Å².